The Bertz CT molecular complexity index is 1530. The molecular formula is C28H30F3N3O9. The van der Waals surface area contributed by atoms with E-state index < -0.39 is 78.8 Å². The van der Waals surface area contributed by atoms with Gasteiger partial charge in [0.05, 0.1) is 30.2 Å². The monoisotopic (exact) mass is 609 g/mol. The predicted octanol–water partition coefficient (Wildman–Crippen LogP) is 0.348. The Morgan fingerprint density at radius 2 is 1.72 bits per heavy atom. The summed E-state index contributed by atoms with van der Waals surface area (Å²) in [6, 6.07) is 10.3. The van der Waals surface area contributed by atoms with Crippen molar-refractivity contribution in [3.05, 3.63) is 70.0 Å². The fourth-order valence-electron chi connectivity index (χ4n) is 4.85. The van der Waals surface area contributed by atoms with Crippen LogP contribution in [0.4, 0.5) is 18.0 Å². The number of ether oxygens (including phenoxy) is 1. The molecular weight excluding hydrogens is 579 g/mol. The van der Waals surface area contributed by atoms with Gasteiger partial charge in [-0.05, 0) is 35.6 Å². The Hall–Kier alpha value is -4.02. The second-order valence-electron chi connectivity index (χ2n) is 10.2. The summed E-state index contributed by atoms with van der Waals surface area (Å²) in [5.74, 6) is -1.10. The molecule has 1 unspecified atom stereocenters. The number of aromatic nitrogens is 1. The summed E-state index contributed by atoms with van der Waals surface area (Å²) >= 11 is 0. The van der Waals surface area contributed by atoms with Gasteiger partial charge in [-0.3, -0.25) is 9.59 Å². The molecule has 0 bridgehead atoms. The number of rotatable bonds is 10. The molecule has 1 fully saturated rings. The Labute approximate surface area is 241 Å². The summed E-state index contributed by atoms with van der Waals surface area (Å²) in [4.78, 5) is 40.1. The summed E-state index contributed by atoms with van der Waals surface area (Å²) in [6.45, 7) is -1.66. The molecule has 1 aromatic heterocycles. The van der Waals surface area contributed by atoms with Crippen LogP contribution in [0.15, 0.2) is 53.3 Å². The molecule has 12 nitrogen and oxygen atoms in total. The minimum absolute atomic E-state index is 0.00627. The molecule has 232 valence electrons. The molecule has 0 radical (unpaired) electrons. The van der Waals surface area contributed by atoms with Gasteiger partial charge in [0.25, 0.3) is 5.56 Å². The number of halogens is 3. The first-order valence-corrected chi connectivity index (χ1v) is 13.2. The van der Waals surface area contributed by atoms with Crippen LogP contribution in [0.3, 0.4) is 0 Å². The van der Waals surface area contributed by atoms with Crippen molar-refractivity contribution in [3.63, 3.8) is 0 Å². The smallest absolute Gasteiger partial charge is 0.417 e. The normalized spacial score (nSPS) is 19.9. The number of alkyl halides is 3. The van der Waals surface area contributed by atoms with Gasteiger partial charge in [-0.1, -0.05) is 30.3 Å². The number of benzene rings is 2. The minimum Gasteiger partial charge on any atom is -0.447 e. The molecule has 0 spiro atoms. The van der Waals surface area contributed by atoms with E-state index in [0.29, 0.717) is 10.9 Å². The zero-order valence-corrected chi connectivity index (χ0v) is 22.4. The number of aliphatic hydroxyl groups excluding tert-OH is 5. The van der Waals surface area contributed by atoms with Crippen molar-refractivity contribution >= 4 is 22.8 Å². The summed E-state index contributed by atoms with van der Waals surface area (Å²) in [7, 11) is 0. The molecule has 8 N–H and O–H groups in total. The summed E-state index contributed by atoms with van der Waals surface area (Å²) < 4.78 is 45.6. The van der Waals surface area contributed by atoms with E-state index in [0.717, 1.165) is 6.07 Å². The maximum absolute atomic E-state index is 13.5. The lowest BCUT2D eigenvalue weighted by molar-refractivity contribution is -0.137. The molecule has 3 aromatic rings. The van der Waals surface area contributed by atoms with Crippen molar-refractivity contribution in [2.75, 3.05) is 19.8 Å². The van der Waals surface area contributed by atoms with E-state index in [2.05, 4.69) is 15.6 Å². The largest absolute Gasteiger partial charge is 0.447 e. The molecule has 0 aliphatic carbocycles. The van der Waals surface area contributed by atoms with Gasteiger partial charge in [0, 0.05) is 23.2 Å². The van der Waals surface area contributed by atoms with Crippen LogP contribution in [0.2, 0.25) is 0 Å². The highest BCUT2D eigenvalue weighted by molar-refractivity contribution is 5.90. The van der Waals surface area contributed by atoms with Gasteiger partial charge in [-0.25, -0.2) is 4.79 Å². The molecule has 4 rings (SSSR count). The number of H-pyrrole nitrogens is 1. The number of hydrogen-bond acceptors (Lipinski definition) is 9. The third kappa shape index (κ3) is 7.32. The third-order valence-corrected chi connectivity index (χ3v) is 7.17. The van der Waals surface area contributed by atoms with Crippen molar-refractivity contribution in [1.29, 1.82) is 0 Å². The van der Waals surface area contributed by atoms with Gasteiger partial charge < -0.3 is 45.9 Å². The number of aromatic amines is 1. The lowest BCUT2D eigenvalue weighted by atomic mass is 9.93. The van der Waals surface area contributed by atoms with Crippen LogP contribution >= 0.6 is 0 Å². The lowest BCUT2D eigenvalue weighted by Crippen LogP contribution is -2.49. The Kier molecular flexibility index (Phi) is 9.72. The summed E-state index contributed by atoms with van der Waals surface area (Å²) in [5.41, 5.74) is -1.23. The van der Waals surface area contributed by atoms with Gasteiger partial charge in [0.15, 0.2) is 0 Å². The van der Waals surface area contributed by atoms with Crippen LogP contribution in [0.1, 0.15) is 23.5 Å². The van der Waals surface area contributed by atoms with Crippen LogP contribution in [-0.2, 0) is 15.7 Å². The number of pyridine rings is 1. The standard InChI is InChI=1S/C28H30F3N3O9/c29-28(30,31)19-4-2-1-3-16(19)20-8-14-6-5-13(7-17(14)26(41)34-20)18-9-15(33-25(18)40)12-43-27(42)32-10-21(36)23(38)24(39)22(37)11-35/h1-8,15,18,21-24,35-39H,9-12H2,(H,32,42)(H,33,40)(H,34,41)/t15?,18-,21-,22+,23+,24+/m0/s1. The maximum Gasteiger partial charge on any atom is 0.417 e. The highest BCUT2D eigenvalue weighted by Crippen LogP contribution is 2.37. The Morgan fingerprint density at radius 1 is 1.02 bits per heavy atom. The molecule has 0 saturated carbocycles. The van der Waals surface area contributed by atoms with Crippen molar-refractivity contribution in [3.8, 4) is 11.3 Å². The number of aliphatic hydroxyl groups is 5. The summed E-state index contributed by atoms with van der Waals surface area (Å²) in [5, 5.41) is 52.8. The van der Waals surface area contributed by atoms with E-state index in [4.69, 9.17) is 9.84 Å². The number of nitrogens with one attached hydrogen (secondary N) is 3. The van der Waals surface area contributed by atoms with Gasteiger partial charge in [0.2, 0.25) is 5.91 Å². The van der Waals surface area contributed by atoms with Crippen LogP contribution in [0.5, 0.6) is 0 Å². The number of fused-ring (bicyclic) bond motifs is 1. The number of hydrogen-bond donors (Lipinski definition) is 8. The lowest BCUT2D eigenvalue weighted by Gasteiger charge is -2.25. The van der Waals surface area contributed by atoms with Crippen LogP contribution in [0.25, 0.3) is 22.0 Å². The third-order valence-electron chi connectivity index (χ3n) is 7.17. The number of carbonyl (C=O) groups is 2. The van der Waals surface area contributed by atoms with Crippen LogP contribution < -0.4 is 16.2 Å². The first-order valence-electron chi connectivity index (χ1n) is 13.2. The van der Waals surface area contributed by atoms with E-state index in [9.17, 15) is 48.0 Å². The van der Waals surface area contributed by atoms with Crippen LogP contribution in [-0.4, -0.2) is 92.7 Å². The molecule has 15 heteroatoms. The first kappa shape index (κ1) is 31.9. The topological polar surface area (TPSA) is 201 Å². The molecule has 2 aromatic carbocycles. The Morgan fingerprint density at radius 3 is 2.42 bits per heavy atom. The fraction of sp³-hybridized carbons (Fsp3) is 0.393. The first-order chi connectivity index (χ1) is 20.3. The van der Waals surface area contributed by atoms with Gasteiger partial charge >= 0.3 is 12.3 Å². The quantitative estimate of drug-likeness (QED) is 0.160. The number of alkyl carbamates (subject to hydrolysis) is 1. The zero-order chi connectivity index (χ0) is 31.5. The van der Waals surface area contributed by atoms with Crippen molar-refractivity contribution in [2.45, 2.75) is 49.0 Å². The molecule has 43 heavy (non-hydrogen) atoms. The van der Waals surface area contributed by atoms with Gasteiger partial charge in [-0.2, -0.15) is 13.2 Å². The fourth-order valence-corrected chi connectivity index (χ4v) is 4.85. The van der Waals surface area contributed by atoms with E-state index in [1.165, 1.54) is 30.3 Å². The van der Waals surface area contributed by atoms with Crippen molar-refractivity contribution < 1.29 is 53.0 Å². The Balaban J connectivity index is 1.38. The van der Waals surface area contributed by atoms with E-state index in [1.807, 2.05) is 0 Å². The number of carbonyl (C=O) groups excluding carboxylic acids is 2. The average Bonchev–Trinajstić information content (AvgIpc) is 3.37. The highest BCUT2D eigenvalue weighted by Gasteiger charge is 2.35. The van der Waals surface area contributed by atoms with Gasteiger partial charge in [-0.15, -0.1) is 0 Å². The summed E-state index contributed by atoms with van der Waals surface area (Å²) in [6.07, 6.45) is -12.5. The molecule has 1 aliphatic heterocycles. The van der Waals surface area contributed by atoms with E-state index in [1.54, 1.807) is 12.1 Å². The van der Waals surface area contributed by atoms with Crippen molar-refractivity contribution in [2.24, 2.45) is 0 Å². The molecule has 1 aliphatic rings. The highest BCUT2D eigenvalue weighted by atomic mass is 19.4. The van der Waals surface area contributed by atoms with E-state index in [-0.39, 0.29) is 29.7 Å². The predicted molar refractivity (Wildman–Crippen MR) is 145 cm³/mol. The second-order valence-corrected chi connectivity index (χ2v) is 10.2. The van der Waals surface area contributed by atoms with Crippen LogP contribution in [0, 0.1) is 0 Å². The zero-order valence-electron chi connectivity index (χ0n) is 22.4. The molecule has 2 heterocycles. The van der Waals surface area contributed by atoms with Crippen molar-refractivity contribution in [1.82, 2.24) is 15.6 Å². The molecule has 6 atom stereocenters. The number of amides is 2. The second kappa shape index (κ2) is 13.1. The molecule has 2 amide bonds. The SMILES string of the molecule is O=C(NC[C@H](O)[C@@H](O)[C@H](O)[C@H](O)CO)OCC1C[C@@H](c2ccc3cc(-c4ccccc4C(F)(F)F)[nH]c(=O)c3c2)C(=O)N1. The van der Waals surface area contributed by atoms with Gasteiger partial charge in [0.1, 0.15) is 24.9 Å². The minimum atomic E-state index is -4.62. The molecule has 1 saturated heterocycles. The maximum atomic E-state index is 13.5. The average molecular weight is 610 g/mol. The van der Waals surface area contributed by atoms with E-state index >= 15 is 0 Å².